The Morgan fingerprint density at radius 1 is 1.22 bits per heavy atom. The van der Waals surface area contributed by atoms with Crippen molar-refractivity contribution in [1.82, 2.24) is 0 Å². The van der Waals surface area contributed by atoms with Crippen LogP contribution in [0.4, 0.5) is 0 Å². The van der Waals surface area contributed by atoms with E-state index in [0.29, 0.717) is 14.3 Å². The Morgan fingerprint density at radius 2 is 1.67 bits per heavy atom. The van der Waals surface area contributed by atoms with Crippen LogP contribution in [0.1, 0.15) is 33.6 Å². The van der Waals surface area contributed by atoms with Crippen molar-refractivity contribution in [3.05, 3.63) is 0 Å². The summed E-state index contributed by atoms with van der Waals surface area (Å²) >= 11 is 0. The average Bonchev–Trinajstić information content (AvgIpc) is 1.91. The Labute approximate surface area is 58.5 Å². The van der Waals surface area contributed by atoms with Crippen molar-refractivity contribution < 1.29 is 9.68 Å². The van der Waals surface area contributed by atoms with Gasteiger partial charge in [0.05, 0.1) is 0 Å². The molecular weight excluding hydrogens is 115 g/mol. The lowest BCUT2D eigenvalue weighted by molar-refractivity contribution is 0.302. The van der Waals surface area contributed by atoms with Crippen molar-refractivity contribution in [3.63, 3.8) is 0 Å². The van der Waals surface area contributed by atoms with Gasteiger partial charge in [0.15, 0.2) is 0 Å². The van der Waals surface area contributed by atoms with Crippen molar-refractivity contribution in [3.8, 4) is 0 Å². The molecule has 0 aliphatic carbocycles. The van der Waals surface area contributed by atoms with Gasteiger partial charge in [0.2, 0.25) is 0 Å². The maximum atomic E-state index is 7.72. The molecule has 1 N–H and O–H groups in total. The first-order valence-electron chi connectivity index (χ1n) is 3.40. The first kappa shape index (κ1) is 11.7. The quantitative estimate of drug-likeness (QED) is 0.586. The van der Waals surface area contributed by atoms with Crippen molar-refractivity contribution in [2.24, 2.45) is 0 Å². The standard InChI is InChI=1S/C4H10.C2H6BO2/c1-3-4-2;1-2-5-3-4/h3-4H2,1-2H3;4H,2H2,1H3. The molecule has 0 spiro atoms. The molecule has 0 aliphatic rings. The van der Waals surface area contributed by atoms with Crippen LogP contribution in [0.5, 0.6) is 0 Å². The van der Waals surface area contributed by atoms with E-state index in [2.05, 4.69) is 18.5 Å². The van der Waals surface area contributed by atoms with Crippen molar-refractivity contribution in [2.75, 3.05) is 6.61 Å². The molecule has 0 aromatic carbocycles. The molecule has 0 saturated carbocycles. The fraction of sp³-hybridized carbons (Fsp3) is 1.00. The molecule has 9 heavy (non-hydrogen) atoms. The number of hydrogen-bond donors (Lipinski definition) is 1. The van der Waals surface area contributed by atoms with Crippen LogP contribution in [0.15, 0.2) is 0 Å². The van der Waals surface area contributed by atoms with E-state index in [9.17, 15) is 0 Å². The fourth-order valence-corrected chi connectivity index (χ4v) is 0.0745. The lowest BCUT2D eigenvalue weighted by atomic mass is 10.4. The molecule has 2 nitrogen and oxygen atoms in total. The molecular formula is C6H16BO2. The van der Waals surface area contributed by atoms with Crippen molar-refractivity contribution >= 4 is 7.69 Å². The molecule has 0 aromatic rings. The van der Waals surface area contributed by atoms with Gasteiger partial charge in [-0.3, -0.25) is 0 Å². The normalized spacial score (nSPS) is 7.56. The predicted octanol–water partition coefficient (Wildman–Crippen LogP) is 1.36. The highest BCUT2D eigenvalue weighted by molar-refractivity contribution is 6.15. The van der Waals surface area contributed by atoms with Crippen LogP contribution in [0.25, 0.3) is 0 Å². The van der Waals surface area contributed by atoms with Crippen LogP contribution in [-0.2, 0) is 4.65 Å². The fourth-order valence-electron chi connectivity index (χ4n) is 0.0745. The SMILES string of the molecule is CCCC.CCO[B]O. The van der Waals surface area contributed by atoms with Crippen LogP contribution >= 0.6 is 0 Å². The zero-order valence-corrected chi connectivity index (χ0v) is 6.55. The van der Waals surface area contributed by atoms with E-state index in [0.717, 1.165) is 0 Å². The highest BCUT2D eigenvalue weighted by atomic mass is 16.5. The maximum Gasteiger partial charge on any atom is 0.485 e. The third kappa shape index (κ3) is 32.1. The van der Waals surface area contributed by atoms with Gasteiger partial charge in [0.1, 0.15) is 0 Å². The zero-order valence-electron chi connectivity index (χ0n) is 6.55. The second kappa shape index (κ2) is 15.7. The van der Waals surface area contributed by atoms with Gasteiger partial charge < -0.3 is 9.68 Å². The summed E-state index contributed by atoms with van der Waals surface area (Å²) in [7, 11) is 0.681. The minimum atomic E-state index is 0.538. The third-order valence-electron chi connectivity index (χ3n) is 0.741. The van der Waals surface area contributed by atoms with Gasteiger partial charge in [0.25, 0.3) is 0 Å². The van der Waals surface area contributed by atoms with E-state index < -0.39 is 0 Å². The van der Waals surface area contributed by atoms with Gasteiger partial charge >= 0.3 is 7.69 Å². The molecule has 0 heterocycles. The van der Waals surface area contributed by atoms with Crippen molar-refractivity contribution in [1.29, 1.82) is 0 Å². The monoisotopic (exact) mass is 131 g/mol. The molecule has 0 saturated heterocycles. The van der Waals surface area contributed by atoms with E-state index in [4.69, 9.17) is 5.02 Å². The number of rotatable bonds is 3. The van der Waals surface area contributed by atoms with Crippen LogP contribution in [0.2, 0.25) is 0 Å². The minimum Gasteiger partial charge on any atom is -0.429 e. The molecule has 0 atom stereocenters. The highest BCUT2D eigenvalue weighted by Gasteiger charge is 1.74. The summed E-state index contributed by atoms with van der Waals surface area (Å²) in [6.45, 7) is 6.70. The highest BCUT2D eigenvalue weighted by Crippen LogP contribution is 1.76. The van der Waals surface area contributed by atoms with Crippen LogP contribution in [0, 0.1) is 0 Å². The molecule has 3 heteroatoms. The predicted molar refractivity (Wildman–Crippen MR) is 40.2 cm³/mol. The summed E-state index contributed by atoms with van der Waals surface area (Å²) in [5, 5.41) is 7.72. The molecule has 0 fully saturated rings. The molecule has 0 unspecified atom stereocenters. The van der Waals surface area contributed by atoms with Gasteiger partial charge in [-0.15, -0.1) is 0 Å². The smallest absolute Gasteiger partial charge is 0.429 e. The van der Waals surface area contributed by atoms with Gasteiger partial charge in [-0.2, -0.15) is 0 Å². The molecule has 0 rings (SSSR count). The Kier molecular flexibility index (Phi) is 20.5. The molecule has 0 amide bonds. The summed E-state index contributed by atoms with van der Waals surface area (Å²) in [4.78, 5) is 0. The molecule has 0 aromatic heterocycles. The first-order valence-corrected chi connectivity index (χ1v) is 3.40. The Morgan fingerprint density at radius 3 is 1.67 bits per heavy atom. The van der Waals surface area contributed by atoms with E-state index in [-0.39, 0.29) is 0 Å². The minimum absolute atomic E-state index is 0.538. The number of unbranched alkanes of at least 4 members (excludes halogenated alkanes) is 1. The summed E-state index contributed by atoms with van der Waals surface area (Å²) in [5.41, 5.74) is 0. The van der Waals surface area contributed by atoms with Gasteiger partial charge in [-0.25, -0.2) is 0 Å². The summed E-state index contributed by atoms with van der Waals surface area (Å²) in [5.74, 6) is 0. The number of hydrogen-bond acceptors (Lipinski definition) is 2. The molecule has 1 radical (unpaired) electrons. The van der Waals surface area contributed by atoms with Crippen molar-refractivity contribution in [2.45, 2.75) is 33.6 Å². The maximum absolute atomic E-state index is 7.72. The molecule has 0 aliphatic heterocycles. The second-order valence-corrected chi connectivity index (χ2v) is 1.56. The van der Waals surface area contributed by atoms with E-state index in [1.807, 2.05) is 0 Å². The topological polar surface area (TPSA) is 29.5 Å². The summed E-state index contributed by atoms with van der Waals surface area (Å²) in [6, 6.07) is 0. The summed E-state index contributed by atoms with van der Waals surface area (Å²) < 4.78 is 4.26. The van der Waals surface area contributed by atoms with Gasteiger partial charge in [-0.1, -0.05) is 26.7 Å². The largest absolute Gasteiger partial charge is 0.485 e. The summed E-state index contributed by atoms with van der Waals surface area (Å²) in [6.07, 6.45) is 2.64. The first-order chi connectivity index (χ1) is 4.33. The molecule has 55 valence electrons. The average molecular weight is 131 g/mol. The molecule has 0 bridgehead atoms. The lowest BCUT2D eigenvalue weighted by Crippen LogP contribution is -1.93. The van der Waals surface area contributed by atoms with E-state index in [1.54, 1.807) is 6.92 Å². The lowest BCUT2D eigenvalue weighted by Gasteiger charge is -1.82. The second-order valence-electron chi connectivity index (χ2n) is 1.56. The van der Waals surface area contributed by atoms with Gasteiger partial charge in [0, 0.05) is 6.61 Å². The Bertz CT molecular complexity index is 30.2. The van der Waals surface area contributed by atoms with Gasteiger partial charge in [-0.05, 0) is 6.92 Å². The van der Waals surface area contributed by atoms with E-state index >= 15 is 0 Å². The van der Waals surface area contributed by atoms with Crippen LogP contribution < -0.4 is 0 Å². The zero-order chi connectivity index (χ0) is 7.54. The third-order valence-corrected chi connectivity index (χ3v) is 0.741. The van der Waals surface area contributed by atoms with Crippen LogP contribution in [-0.4, -0.2) is 19.3 Å². The Hall–Kier alpha value is -0.0151. The van der Waals surface area contributed by atoms with E-state index in [1.165, 1.54) is 12.8 Å². The van der Waals surface area contributed by atoms with Crippen LogP contribution in [0.3, 0.4) is 0 Å². The Balaban J connectivity index is 0.